The lowest BCUT2D eigenvalue weighted by atomic mass is 9.58. The Bertz CT molecular complexity index is 298. The largest absolute Gasteiger partial charge is 0.467 e. The molecule has 1 spiro atoms. The molecule has 2 fully saturated rings. The van der Waals surface area contributed by atoms with Gasteiger partial charge in [0.05, 0.1) is 7.11 Å². The number of carbonyl (C=O) groups is 1. The molecule has 0 aromatic rings. The molecule has 3 nitrogen and oxygen atoms in total. The van der Waals surface area contributed by atoms with Crippen molar-refractivity contribution >= 4 is 5.97 Å². The van der Waals surface area contributed by atoms with Crippen molar-refractivity contribution in [1.82, 2.24) is 0 Å². The van der Waals surface area contributed by atoms with Crippen molar-refractivity contribution in [1.29, 1.82) is 0 Å². The first-order chi connectivity index (χ1) is 6.80. The van der Waals surface area contributed by atoms with E-state index in [0.717, 1.165) is 12.8 Å². The van der Waals surface area contributed by atoms with E-state index in [4.69, 9.17) is 9.47 Å². The third kappa shape index (κ3) is 1.19. The minimum Gasteiger partial charge on any atom is -0.467 e. The van der Waals surface area contributed by atoms with Gasteiger partial charge in [0, 0.05) is 0 Å². The van der Waals surface area contributed by atoms with Crippen LogP contribution in [0.15, 0.2) is 0 Å². The molecule has 1 saturated heterocycles. The fourth-order valence-corrected chi connectivity index (χ4v) is 3.37. The maximum absolute atomic E-state index is 11.8. The number of methoxy groups -OCH3 is 1. The van der Waals surface area contributed by atoms with Gasteiger partial charge in [0.1, 0.15) is 5.60 Å². The Balaban J connectivity index is 2.19. The molecule has 1 heterocycles. The molecule has 1 aliphatic carbocycles. The van der Waals surface area contributed by atoms with Gasteiger partial charge in [-0.1, -0.05) is 27.7 Å². The van der Waals surface area contributed by atoms with Gasteiger partial charge >= 0.3 is 5.97 Å². The van der Waals surface area contributed by atoms with Gasteiger partial charge < -0.3 is 9.47 Å². The third-order valence-corrected chi connectivity index (χ3v) is 3.82. The monoisotopic (exact) mass is 212 g/mol. The van der Waals surface area contributed by atoms with Gasteiger partial charge in [0.15, 0.2) is 5.60 Å². The van der Waals surface area contributed by atoms with Crippen molar-refractivity contribution in [2.75, 3.05) is 7.11 Å². The van der Waals surface area contributed by atoms with Crippen molar-refractivity contribution in [3.05, 3.63) is 0 Å². The summed E-state index contributed by atoms with van der Waals surface area (Å²) in [5, 5.41) is 0. The number of esters is 1. The van der Waals surface area contributed by atoms with Gasteiger partial charge in [0.2, 0.25) is 0 Å². The average Bonchev–Trinajstić information content (AvgIpc) is 2.72. The zero-order chi connectivity index (χ0) is 11.5. The van der Waals surface area contributed by atoms with Crippen molar-refractivity contribution < 1.29 is 14.3 Å². The molecule has 3 heteroatoms. The van der Waals surface area contributed by atoms with Crippen molar-refractivity contribution in [2.45, 2.75) is 51.7 Å². The summed E-state index contributed by atoms with van der Waals surface area (Å²) in [5.41, 5.74) is -0.556. The van der Waals surface area contributed by atoms with Gasteiger partial charge in [-0.2, -0.15) is 0 Å². The molecule has 0 radical (unpaired) electrons. The maximum atomic E-state index is 11.8. The van der Waals surface area contributed by atoms with Crippen LogP contribution in [0.4, 0.5) is 0 Å². The predicted octanol–water partition coefficient (Wildman–Crippen LogP) is 2.14. The number of hydrogen-bond acceptors (Lipinski definition) is 3. The Hall–Kier alpha value is -0.570. The summed E-state index contributed by atoms with van der Waals surface area (Å²) in [5.74, 6) is -0.0194. The van der Waals surface area contributed by atoms with Crippen LogP contribution in [0.3, 0.4) is 0 Å². The maximum Gasteiger partial charge on any atom is 0.341 e. The van der Waals surface area contributed by atoms with E-state index in [2.05, 4.69) is 13.8 Å². The smallest absolute Gasteiger partial charge is 0.341 e. The Morgan fingerprint density at radius 1 is 1.33 bits per heavy atom. The van der Waals surface area contributed by atoms with E-state index in [-0.39, 0.29) is 17.5 Å². The highest BCUT2D eigenvalue weighted by molar-refractivity contribution is 5.85. The van der Waals surface area contributed by atoms with Crippen LogP contribution in [0.25, 0.3) is 0 Å². The molecule has 1 aliphatic heterocycles. The van der Waals surface area contributed by atoms with Gasteiger partial charge in [0.25, 0.3) is 0 Å². The highest BCUT2D eigenvalue weighted by atomic mass is 16.7. The Morgan fingerprint density at radius 2 is 1.87 bits per heavy atom. The van der Waals surface area contributed by atoms with Gasteiger partial charge in [-0.05, 0) is 24.2 Å². The van der Waals surface area contributed by atoms with Crippen LogP contribution in [0, 0.1) is 11.3 Å². The molecule has 0 aromatic carbocycles. The molecule has 86 valence electrons. The fraction of sp³-hybridized carbons (Fsp3) is 0.917. The Morgan fingerprint density at radius 3 is 2.20 bits per heavy atom. The molecule has 0 aromatic heterocycles. The first kappa shape index (κ1) is 10.9. The first-order valence-corrected chi connectivity index (χ1v) is 5.58. The van der Waals surface area contributed by atoms with Gasteiger partial charge in [-0.3, -0.25) is 0 Å². The molecule has 1 saturated carbocycles. The molecule has 2 rings (SSSR count). The Kier molecular flexibility index (Phi) is 2.01. The fourth-order valence-electron chi connectivity index (χ4n) is 3.37. The van der Waals surface area contributed by atoms with Crippen LogP contribution in [-0.2, 0) is 14.3 Å². The zero-order valence-corrected chi connectivity index (χ0v) is 10.2. The highest BCUT2D eigenvalue weighted by Crippen LogP contribution is 2.69. The minimum atomic E-state index is -0.655. The SMILES string of the molecule is COC(=O)C1(C(C)C)OC12CC(C)(C)C2. The molecular weight excluding hydrogens is 192 g/mol. The highest BCUT2D eigenvalue weighted by Gasteiger charge is 2.81. The van der Waals surface area contributed by atoms with Crippen LogP contribution in [0.1, 0.15) is 40.5 Å². The van der Waals surface area contributed by atoms with Crippen molar-refractivity contribution in [3.8, 4) is 0 Å². The molecule has 0 amide bonds. The van der Waals surface area contributed by atoms with E-state index in [0.29, 0.717) is 5.41 Å². The average molecular weight is 212 g/mol. The number of hydrogen-bond donors (Lipinski definition) is 0. The second kappa shape index (κ2) is 2.76. The van der Waals surface area contributed by atoms with E-state index in [1.165, 1.54) is 7.11 Å². The van der Waals surface area contributed by atoms with Crippen LogP contribution in [0.2, 0.25) is 0 Å². The summed E-state index contributed by atoms with van der Waals surface area (Å²) in [6.07, 6.45) is 1.93. The van der Waals surface area contributed by atoms with Crippen molar-refractivity contribution in [2.24, 2.45) is 11.3 Å². The van der Waals surface area contributed by atoms with E-state index < -0.39 is 5.60 Å². The minimum absolute atomic E-state index is 0.182. The Labute approximate surface area is 91.1 Å². The molecule has 0 bridgehead atoms. The summed E-state index contributed by atoms with van der Waals surface area (Å²) in [6.45, 7) is 8.47. The second-order valence-corrected chi connectivity index (χ2v) is 6.00. The lowest BCUT2D eigenvalue weighted by Gasteiger charge is -2.42. The zero-order valence-electron chi connectivity index (χ0n) is 10.2. The topological polar surface area (TPSA) is 38.8 Å². The molecule has 1 unspecified atom stereocenters. The van der Waals surface area contributed by atoms with E-state index in [9.17, 15) is 4.79 Å². The van der Waals surface area contributed by atoms with Crippen LogP contribution >= 0.6 is 0 Å². The quantitative estimate of drug-likeness (QED) is 0.520. The normalized spacial score (nSPS) is 35.1. The lowest BCUT2D eigenvalue weighted by Crippen LogP contribution is -2.50. The number of ether oxygens (including phenoxy) is 2. The summed E-state index contributed by atoms with van der Waals surface area (Å²) in [6, 6.07) is 0. The molecular formula is C12H20O3. The van der Waals surface area contributed by atoms with Gasteiger partial charge in [-0.15, -0.1) is 0 Å². The predicted molar refractivity (Wildman–Crippen MR) is 56.4 cm³/mol. The van der Waals surface area contributed by atoms with Crippen LogP contribution in [0.5, 0.6) is 0 Å². The summed E-state index contributed by atoms with van der Waals surface area (Å²) >= 11 is 0. The number of rotatable bonds is 2. The molecule has 0 N–H and O–H groups in total. The molecule has 1 atom stereocenters. The summed E-state index contributed by atoms with van der Waals surface area (Å²) in [7, 11) is 1.44. The van der Waals surface area contributed by atoms with Crippen LogP contribution < -0.4 is 0 Å². The number of epoxide rings is 1. The van der Waals surface area contributed by atoms with Gasteiger partial charge in [-0.25, -0.2) is 4.79 Å². The van der Waals surface area contributed by atoms with Crippen LogP contribution in [-0.4, -0.2) is 24.3 Å². The van der Waals surface area contributed by atoms with E-state index >= 15 is 0 Å². The third-order valence-electron chi connectivity index (χ3n) is 3.82. The van der Waals surface area contributed by atoms with E-state index in [1.54, 1.807) is 0 Å². The number of carbonyl (C=O) groups excluding carboxylic acids is 1. The summed E-state index contributed by atoms with van der Waals surface area (Å²) in [4.78, 5) is 11.8. The standard InChI is InChI=1S/C12H20O3/c1-8(2)12(9(13)14-5)11(15-12)6-10(3,4)7-11/h8H,6-7H2,1-5H3. The lowest BCUT2D eigenvalue weighted by molar-refractivity contribution is -0.149. The summed E-state index contributed by atoms with van der Waals surface area (Å²) < 4.78 is 10.7. The first-order valence-electron chi connectivity index (χ1n) is 5.58. The van der Waals surface area contributed by atoms with Crippen molar-refractivity contribution in [3.63, 3.8) is 0 Å². The molecule has 15 heavy (non-hydrogen) atoms. The molecule has 2 aliphatic rings. The second-order valence-electron chi connectivity index (χ2n) is 6.00. The van der Waals surface area contributed by atoms with E-state index in [1.807, 2.05) is 13.8 Å².